The molecule has 1 atom stereocenters. The van der Waals surface area contributed by atoms with Crippen LogP contribution in [0.25, 0.3) is 0 Å². The Kier molecular flexibility index (Phi) is 47.2. The molecule has 0 aromatic rings. The van der Waals surface area contributed by atoms with Crippen molar-refractivity contribution in [3.05, 3.63) is 146 Å². The lowest BCUT2D eigenvalue weighted by atomic mass is 10.1. The second kappa shape index (κ2) is 50.9. The summed E-state index contributed by atoms with van der Waals surface area (Å²) in [6, 6.07) is 0. The molecule has 0 fully saturated rings. The van der Waals surface area contributed by atoms with E-state index in [0.29, 0.717) is 19.3 Å². The van der Waals surface area contributed by atoms with Crippen LogP contribution in [0, 0.1) is 0 Å². The summed E-state index contributed by atoms with van der Waals surface area (Å²) in [5.41, 5.74) is 0. The fourth-order valence-electron chi connectivity index (χ4n) is 6.13. The Morgan fingerprint density at radius 1 is 0.328 bits per heavy atom. The average Bonchev–Trinajstić information content (AvgIpc) is 3.29. The topological polar surface area (TPSA) is 78.9 Å². The highest BCUT2D eigenvalue weighted by Gasteiger charge is 2.19. The van der Waals surface area contributed by atoms with Gasteiger partial charge in [-0.1, -0.05) is 231 Å². The third-order valence-electron chi connectivity index (χ3n) is 9.84. The monoisotopic (exact) mass is 881 g/mol. The molecule has 1 unspecified atom stereocenters. The lowest BCUT2D eigenvalue weighted by Gasteiger charge is -2.18. The van der Waals surface area contributed by atoms with Crippen LogP contribution in [0.2, 0.25) is 0 Å². The number of rotatable bonds is 42. The highest BCUT2D eigenvalue weighted by molar-refractivity contribution is 5.71. The van der Waals surface area contributed by atoms with Crippen LogP contribution in [0.3, 0.4) is 0 Å². The van der Waals surface area contributed by atoms with Crippen molar-refractivity contribution in [1.29, 1.82) is 0 Å². The van der Waals surface area contributed by atoms with Crippen molar-refractivity contribution in [2.75, 3.05) is 13.2 Å². The van der Waals surface area contributed by atoms with Crippen molar-refractivity contribution in [2.45, 2.75) is 187 Å². The summed E-state index contributed by atoms with van der Waals surface area (Å²) in [7, 11) is 0. The van der Waals surface area contributed by atoms with E-state index in [0.717, 1.165) is 77.0 Å². The normalized spacial score (nSPS) is 13.4. The highest BCUT2D eigenvalue weighted by Crippen LogP contribution is 2.12. The van der Waals surface area contributed by atoms with Crippen LogP contribution in [0.4, 0.5) is 0 Å². The predicted molar refractivity (Wildman–Crippen MR) is 274 cm³/mol. The summed E-state index contributed by atoms with van der Waals surface area (Å²) in [5.74, 6) is -1.08. The van der Waals surface area contributed by atoms with Crippen LogP contribution in [-0.4, -0.2) is 37.2 Å². The summed E-state index contributed by atoms with van der Waals surface area (Å²) >= 11 is 0. The molecule has 0 rings (SSSR count). The summed E-state index contributed by atoms with van der Waals surface area (Å²) < 4.78 is 16.7. The zero-order valence-corrected chi connectivity index (χ0v) is 40.5. The summed E-state index contributed by atoms with van der Waals surface area (Å²) in [6.45, 7) is 6.20. The van der Waals surface area contributed by atoms with Gasteiger partial charge >= 0.3 is 17.9 Å². The summed E-state index contributed by atoms with van der Waals surface area (Å²) in [4.78, 5) is 37.9. The van der Waals surface area contributed by atoms with Crippen LogP contribution in [-0.2, 0) is 28.6 Å². The lowest BCUT2D eigenvalue weighted by molar-refractivity contribution is -0.167. The van der Waals surface area contributed by atoms with Crippen molar-refractivity contribution in [2.24, 2.45) is 0 Å². The van der Waals surface area contributed by atoms with E-state index in [1.165, 1.54) is 51.4 Å². The number of hydrogen-bond donors (Lipinski definition) is 0. The van der Waals surface area contributed by atoms with Crippen molar-refractivity contribution in [1.82, 2.24) is 0 Å². The first-order valence-electron chi connectivity index (χ1n) is 25.0. The van der Waals surface area contributed by atoms with E-state index in [2.05, 4.69) is 63.3 Å². The molecule has 0 radical (unpaired) electrons. The number of hydrogen-bond acceptors (Lipinski definition) is 6. The van der Waals surface area contributed by atoms with Crippen molar-refractivity contribution in [3.8, 4) is 0 Å². The van der Waals surface area contributed by atoms with Gasteiger partial charge in [-0.15, -0.1) is 0 Å². The number of carbonyl (C=O) groups is 3. The number of carbonyl (C=O) groups excluding carboxylic acids is 3. The van der Waals surface area contributed by atoms with E-state index in [4.69, 9.17) is 14.2 Å². The maximum Gasteiger partial charge on any atom is 0.306 e. The maximum absolute atomic E-state index is 12.8. The van der Waals surface area contributed by atoms with Crippen LogP contribution in [0.5, 0.6) is 0 Å². The van der Waals surface area contributed by atoms with Crippen LogP contribution in [0.15, 0.2) is 146 Å². The Bertz CT molecular complexity index is 1480. The Morgan fingerprint density at radius 2 is 0.625 bits per heavy atom. The Balaban J connectivity index is 4.60. The van der Waals surface area contributed by atoms with E-state index >= 15 is 0 Å². The second-order valence-corrected chi connectivity index (χ2v) is 15.9. The Morgan fingerprint density at radius 3 is 1.05 bits per heavy atom. The van der Waals surface area contributed by atoms with Crippen molar-refractivity contribution < 1.29 is 28.6 Å². The first-order valence-corrected chi connectivity index (χ1v) is 25.0. The number of allylic oxidation sites excluding steroid dienone is 24. The van der Waals surface area contributed by atoms with E-state index in [1.54, 1.807) is 0 Å². The summed E-state index contributed by atoms with van der Waals surface area (Å²) in [6.07, 6.45) is 72.7. The highest BCUT2D eigenvalue weighted by atomic mass is 16.6. The molecule has 0 bridgehead atoms. The Labute approximate surface area is 391 Å². The average molecular weight is 881 g/mol. The van der Waals surface area contributed by atoms with Gasteiger partial charge in [0.1, 0.15) is 13.2 Å². The van der Waals surface area contributed by atoms with Crippen molar-refractivity contribution >= 4 is 17.9 Å². The Hall–Kier alpha value is -4.71. The van der Waals surface area contributed by atoms with Crippen LogP contribution < -0.4 is 0 Å². The second-order valence-electron chi connectivity index (χ2n) is 15.9. The van der Waals surface area contributed by atoms with E-state index in [-0.39, 0.29) is 44.0 Å². The molecule has 6 nitrogen and oxygen atoms in total. The van der Waals surface area contributed by atoms with Gasteiger partial charge in [-0.2, -0.15) is 0 Å². The minimum Gasteiger partial charge on any atom is -0.462 e. The maximum atomic E-state index is 12.8. The van der Waals surface area contributed by atoms with Gasteiger partial charge in [-0.05, 0) is 77.0 Å². The third-order valence-corrected chi connectivity index (χ3v) is 9.84. The zero-order valence-electron chi connectivity index (χ0n) is 40.5. The quantitative estimate of drug-likeness (QED) is 0.0263. The molecule has 64 heavy (non-hydrogen) atoms. The molecular weight excluding hydrogens is 793 g/mol. The van der Waals surface area contributed by atoms with Gasteiger partial charge in [0.25, 0.3) is 0 Å². The van der Waals surface area contributed by atoms with Gasteiger partial charge in [0.05, 0.1) is 0 Å². The van der Waals surface area contributed by atoms with E-state index in [1.807, 2.05) is 103 Å². The molecule has 0 aliphatic carbocycles. The lowest BCUT2D eigenvalue weighted by Crippen LogP contribution is -2.30. The molecule has 0 saturated carbocycles. The predicted octanol–water partition coefficient (Wildman–Crippen LogP) is 16.5. The molecule has 356 valence electrons. The molecule has 0 heterocycles. The van der Waals surface area contributed by atoms with Gasteiger partial charge in [0, 0.05) is 19.3 Å². The summed E-state index contributed by atoms with van der Waals surface area (Å²) in [5, 5.41) is 0. The smallest absolute Gasteiger partial charge is 0.306 e. The van der Waals surface area contributed by atoms with E-state index in [9.17, 15) is 14.4 Å². The molecule has 0 saturated heterocycles. The SMILES string of the molecule is CC/C=C/C=C/C=C/C=C/C=C/CCCCCC(=O)OC(COC(=O)CCC/C=C/C=C/C=C/C=C/C=C/CC)COC(=O)CCCCCCC/C=C/C=C/CCCCCCCCC. The van der Waals surface area contributed by atoms with Crippen LogP contribution in [0.1, 0.15) is 181 Å². The number of ether oxygens (including phenoxy) is 3. The minimum atomic E-state index is -0.841. The molecular formula is C58H88O6. The van der Waals surface area contributed by atoms with Crippen LogP contribution >= 0.6 is 0 Å². The molecule has 0 aliphatic rings. The standard InChI is InChI=1S/C58H88O6/c1-4-7-10-13-16-19-22-25-27-28-29-31-33-36-39-42-45-48-51-57(60)63-54-55(53-62-56(59)50-47-44-41-38-35-32-24-21-18-15-12-9-6-3)64-58(61)52-49-46-43-40-37-34-30-26-23-20-17-14-11-8-5-2/h8-9,11-12,14-15,17-18,20-21,23-24,26-32,34-35,37-38,41,55H,4-7,10,13,16,19,22,25,33,36,39-40,42-54H2,1-3H3/b11-8+,12-9+,17-14+,18-15+,23-20+,24-21+,28-27+,30-26+,31-29+,35-32+,37-34+,41-38+. The molecule has 0 amide bonds. The van der Waals surface area contributed by atoms with Gasteiger partial charge in [-0.25, -0.2) is 0 Å². The molecule has 0 aromatic carbocycles. The fourth-order valence-corrected chi connectivity index (χ4v) is 6.13. The number of esters is 3. The molecule has 0 aromatic heterocycles. The first-order chi connectivity index (χ1) is 31.5. The van der Waals surface area contributed by atoms with Gasteiger partial charge in [0.2, 0.25) is 0 Å². The molecule has 0 aliphatic heterocycles. The third kappa shape index (κ3) is 48.3. The zero-order chi connectivity index (χ0) is 46.5. The van der Waals surface area contributed by atoms with E-state index < -0.39 is 6.10 Å². The first kappa shape index (κ1) is 59.3. The molecule has 0 N–H and O–H groups in total. The number of unbranched alkanes of at least 4 members (excludes halogenated alkanes) is 16. The largest absolute Gasteiger partial charge is 0.462 e. The minimum absolute atomic E-state index is 0.133. The van der Waals surface area contributed by atoms with Gasteiger partial charge in [-0.3, -0.25) is 14.4 Å². The molecule has 0 spiro atoms. The van der Waals surface area contributed by atoms with Gasteiger partial charge < -0.3 is 14.2 Å². The van der Waals surface area contributed by atoms with Crippen molar-refractivity contribution in [3.63, 3.8) is 0 Å². The fraction of sp³-hybridized carbons (Fsp3) is 0.534. The molecule has 6 heteroatoms. The van der Waals surface area contributed by atoms with Gasteiger partial charge in [0.15, 0.2) is 6.10 Å².